The number of β-amino-alcohol motifs (C(OH)–C–C–N with tert-alkyl or cyclic N) is 1. The Labute approximate surface area is 112 Å². The summed E-state index contributed by atoms with van der Waals surface area (Å²) in [4.78, 5) is 14.0. The zero-order valence-electron chi connectivity index (χ0n) is 11.0. The summed E-state index contributed by atoms with van der Waals surface area (Å²) in [6.45, 7) is 3.33. The lowest BCUT2D eigenvalue weighted by Gasteiger charge is -2.30. The Morgan fingerprint density at radius 2 is 2.37 bits per heavy atom. The molecular weight excluding hydrogens is 247 g/mol. The van der Waals surface area contributed by atoms with E-state index < -0.39 is 11.9 Å². The second-order valence-electron chi connectivity index (χ2n) is 4.74. The molecule has 0 spiro atoms. The maximum absolute atomic E-state index is 13.8. The van der Waals surface area contributed by atoms with E-state index in [0.717, 1.165) is 6.42 Å². The molecule has 0 radical (unpaired) electrons. The number of nitrogens with one attached hydrogen (secondary N) is 1. The van der Waals surface area contributed by atoms with Crippen LogP contribution in [0.2, 0.25) is 0 Å². The van der Waals surface area contributed by atoms with Crippen LogP contribution in [0.1, 0.15) is 30.1 Å². The van der Waals surface area contributed by atoms with Gasteiger partial charge in [0.15, 0.2) is 0 Å². The van der Waals surface area contributed by atoms with Gasteiger partial charge in [0.1, 0.15) is 5.82 Å². The normalized spacial score (nSPS) is 19.3. The van der Waals surface area contributed by atoms with Crippen molar-refractivity contribution in [3.8, 4) is 0 Å². The number of aliphatic hydroxyl groups is 1. The number of rotatable bonds is 3. The summed E-state index contributed by atoms with van der Waals surface area (Å²) in [6, 6.07) is 4.48. The molecule has 5 heteroatoms. The van der Waals surface area contributed by atoms with Crippen molar-refractivity contribution in [2.24, 2.45) is 0 Å². The second-order valence-corrected chi connectivity index (χ2v) is 4.74. The summed E-state index contributed by atoms with van der Waals surface area (Å²) in [5.74, 6) is -0.653. The molecule has 1 fully saturated rings. The van der Waals surface area contributed by atoms with Crippen molar-refractivity contribution in [1.29, 1.82) is 0 Å². The van der Waals surface area contributed by atoms with Gasteiger partial charge in [0.05, 0.1) is 17.4 Å². The number of amides is 1. The highest BCUT2D eigenvalue weighted by atomic mass is 19.1. The smallest absolute Gasteiger partial charge is 0.256 e. The maximum atomic E-state index is 13.8. The van der Waals surface area contributed by atoms with Crippen LogP contribution >= 0.6 is 0 Å². The van der Waals surface area contributed by atoms with Crippen molar-refractivity contribution in [2.45, 2.75) is 25.9 Å². The first-order valence-electron chi connectivity index (χ1n) is 6.63. The Morgan fingerprint density at radius 3 is 3.05 bits per heavy atom. The monoisotopic (exact) mass is 266 g/mol. The molecule has 104 valence electrons. The molecule has 1 aliphatic heterocycles. The van der Waals surface area contributed by atoms with Crippen LogP contribution in [0.15, 0.2) is 18.2 Å². The molecule has 2 rings (SSSR count). The second kappa shape index (κ2) is 6.02. The minimum atomic E-state index is -0.478. The lowest BCUT2D eigenvalue weighted by molar-refractivity contribution is 0.0474. The summed E-state index contributed by atoms with van der Waals surface area (Å²) in [5, 5.41) is 12.5. The van der Waals surface area contributed by atoms with Gasteiger partial charge < -0.3 is 15.3 Å². The summed E-state index contributed by atoms with van der Waals surface area (Å²) >= 11 is 0. The van der Waals surface area contributed by atoms with Crippen molar-refractivity contribution >= 4 is 11.6 Å². The van der Waals surface area contributed by atoms with E-state index in [4.69, 9.17) is 0 Å². The summed E-state index contributed by atoms with van der Waals surface area (Å²) in [6.07, 6.45) is 1.01. The molecule has 0 aromatic heterocycles. The van der Waals surface area contributed by atoms with Crippen molar-refractivity contribution in [3.63, 3.8) is 0 Å². The molecular formula is C14H19FN2O2. The van der Waals surface area contributed by atoms with E-state index in [-0.39, 0.29) is 11.6 Å². The van der Waals surface area contributed by atoms with Gasteiger partial charge in [-0.05, 0) is 31.9 Å². The van der Waals surface area contributed by atoms with Crippen LogP contribution in [0.5, 0.6) is 0 Å². The predicted molar refractivity (Wildman–Crippen MR) is 71.7 cm³/mol. The molecule has 1 amide bonds. The van der Waals surface area contributed by atoms with E-state index in [0.29, 0.717) is 31.6 Å². The average molecular weight is 266 g/mol. The van der Waals surface area contributed by atoms with Gasteiger partial charge in [-0.15, -0.1) is 0 Å². The van der Waals surface area contributed by atoms with Gasteiger partial charge in [-0.3, -0.25) is 4.79 Å². The molecule has 1 unspecified atom stereocenters. The van der Waals surface area contributed by atoms with Gasteiger partial charge in [0, 0.05) is 19.6 Å². The number of halogens is 1. The molecule has 1 aromatic rings. The Kier molecular flexibility index (Phi) is 4.37. The van der Waals surface area contributed by atoms with E-state index in [9.17, 15) is 14.3 Å². The lowest BCUT2D eigenvalue weighted by Crippen LogP contribution is -2.42. The molecule has 2 N–H and O–H groups in total. The van der Waals surface area contributed by atoms with E-state index >= 15 is 0 Å². The fourth-order valence-corrected chi connectivity index (χ4v) is 2.37. The van der Waals surface area contributed by atoms with Gasteiger partial charge in [-0.2, -0.15) is 0 Å². The Hall–Kier alpha value is -1.62. The van der Waals surface area contributed by atoms with Crippen LogP contribution in [0.3, 0.4) is 0 Å². The van der Waals surface area contributed by atoms with Crippen molar-refractivity contribution in [2.75, 3.05) is 25.0 Å². The number of likely N-dealkylation sites (tertiary alicyclic amines) is 1. The average Bonchev–Trinajstić information content (AvgIpc) is 2.40. The zero-order valence-corrected chi connectivity index (χ0v) is 11.0. The summed E-state index contributed by atoms with van der Waals surface area (Å²) in [7, 11) is 0. The van der Waals surface area contributed by atoms with E-state index in [1.807, 2.05) is 6.92 Å². The molecule has 1 aromatic carbocycles. The van der Waals surface area contributed by atoms with Gasteiger partial charge in [-0.25, -0.2) is 4.39 Å². The summed E-state index contributed by atoms with van der Waals surface area (Å²) < 4.78 is 13.8. The largest absolute Gasteiger partial charge is 0.391 e. The molecule has 4 nitrogen and oxygen atoms in total. The Balaban J connectivity index is 2.25. The van der Waals surface area contributed by atoms with Gasteiger partial charge in [0.25, 0.3) is 5.91 Å². The van der Waals surface area contributed by atoms with Crippen molar-refractivity contribution < 1.29 is 14.3 Å². The topological polar surface area (TPSA) is 52.6 Å². The predicted octanol–water partition coefficient (Wildman–Crippen LogP) is 1.85. The third-order valence-electron chi connectivity index (χ3n) is 3.28. The number of hydrogen-bond acceptors (Lipinski definition) is 3. The quantitative estimate of drug-likeness (QED) is 0.878. The van der Waals surface area contributed by atoms with Crippen molar-refractivity contribution in [3.05, 3.63) is 29.6 Å². The Morgan fingerprint density at radius 1 is 1.58 bits per heavy atom. The number of nitrogens with zero attached hydrogens (tertiary/aromatic N) is 1. The molecule has 0 saturated carbocycles. The van der Waals surface area contributed by atoms with E-state index in [1.165, 1.54) is 12.1 Å². The fourth-order valence-electron chi connectivity index (χ4n) is 2.37. The number of carbonyl (C=O) groups is 1. The summed E-state index contributed by atoms with van der Waals surface area (Å²) in [5.41, 5.74) is 0.575. The van der Waals surface area contributed by atoms with Crippen LogP contribution in [-0.2, 0) is 0 Å². The zero-order chi connectivity index (χ0) is 13.8. The number of hydrogen-bond donors (Lipinski definition) is 2. The van der Waals surface area contributed by atoms with Crippen LogP contribution in [0.4, 0.5) is 10.1 Å². The van der Waals surface area contributed by atoms with Crippen LogP contribution < -0.4 is 5.32 Å². The van der Waals surface area contributed by atoms with Gasteiger partial charge in [0.2, 0.25) is 0 Å². The fraction of sp³-hybridized carbons (Fsp3) is 0.500. The van der Waals surface area contributed by atoms with Crippen LogP contribution in [0, 0.1) is 5.82 Å². The standard InChI is InChI=1S/C14H19FN2O2/c1-2-16-13-11(6-3-7-12(13)15)14(19)17-8-4-5-10(18)9-17/h3,6-7,10,16,18H,2,4-5,8-9H2,1H3. The van der Waals surface area contributed by atoms with Gasteiger partial charge >= 0.3 is 0 Å². The molecule has 1 atom stereocenters. The van der Waals surface area contributed by atoms with Crippen LogP contribution in [-0.4, -0.2) is 41.7 Å². The van der Waals surface area contributed by atoms with Crippen molar-refractivity contribution in [1.82, 2.24) is 4.90 Å². The lowest BCUT2D eigenvalue weighted by atomic mass is 10.1. The molecule has 1 saturated heterocycles. The first kappa shape index (κ1) is 13.8. The van der Waals surface area contributed by atoms with Gasteiger partial charge in [-0.1, -0.05) is 6.07 Å². The SMILES string of the molecule is CCNc1c(F)cccc1C(=O)N1CCCC(O)C1. The third-order valence-corrected chi connectivity index (χ3v) is 3.28. The third kappa shape index (κ3) is 3.04. The molecule has 0 bridgehead atoms. The highest BCUT2D eigenvalue weighted by Gasteiger charge is 2.25. The number of anilines is 1. The maximum Gasteiger partial charge on any atom is 0.256 e. The Bertz CT molecular complexity index is 465. The highest BCUT2D eigenvalue weighted by Crippen LogP contribution is 2.23. The number of para-hydroxylation sites is 1. The molecule has 1 aliphatic rings. The first-order chi connectivity index (χ1) is 9.13. The highest BCUT2D eigenvalue weighted by molar-refractivity contribution is 5.99. The minimum absolute atomic E-state index is 0.228. The van der Waals surface area contributed by atoms with E-state index in [2.05, 4.69) is 5.32 Å². The van der Waals surface area contributed by atoms with Crippen LogP contribution in [0.25, 0.3) is 0 Å². The number of piperidine rings is 1. The molecule has 19 heavy (non-hydrogen) atoms. The molecule has 0 aliphatic carbocycles. The molecule has 1 heterocycles. The number of carbonyl (C=O) groups excluding carboxylic acids is 1. The minimum Gasteiger partial charge on any atom is -0.391 e. The number of benzene rings is 1. The first-order valence-corrected chi connectivity index (χ1v) is 6.63. The number of aliphatic hydroxyl groups excluding tert-OH is 1. The van der Waals surface area contributed by atoms with E-state index in [1.54, 1.807) is 11.0 Å².